The number of ether oxygens (including phenoxy) is 1. The summed E-state index contributed by atoms with van der Waals surface area (Å²) in [7, 11) is 0. The van der Waals surface area contributed by atoms with Crippen molar-refractivity contribution in [3.63, 3.8) is 0 Å². The maximum absolute atomic E-state index is 12.8. The lowest BCUT2D eigenvalue weighted by molar-refractivity contribution is -0.122. The minimum Gasteiger partial charge on any atom is -0.481 e. The van der Waals surface area contributed by atoms with E-state index in [1.54, 1.807) is 11.8 Å². The van der Waals surface area contributed by atoms with Crippen LogP contribution in [0.15, 0.2) is 36.4 Å². The minimum absolute atomic E-state index is 0.141. The van der Waals surface area contributed by atoms with Gasteiger partial charge in [0, 0.05) is 24.3 Å². The second-order valence-electron chi connectivity index (χ2n) is 8.00. The van der Waals surface area contributed by atoms with Gasteiger partial charge in [-0.1, -0.05) is 18.2 Å². The molecule has 5 nitrogen and oxygen atoms in total. The Balaban J connectivity index is 1.46. The fourth-order valence-electron chi connectivity index (χ4n) is 4.23. The quantitative estimate of drug-likeness (QED) is 0.820. The Hall–Kier alpha value is -2.82. The predicted octanol–water partition coefficient (Wildman–Crippen LogP) is 4.41. The molecule has 4 rings (SSSR count). The van der Waals surface area contributed by atoms with E-state index in [-0.39, 0.29) is 11.8 Å². The molecular formula is C24H28N2O3. The second-order valence-corrected chi connectivity index (χ2v) is 8.00. The van der Waals surface area contributed by atoms with Crippen molar-refractivity contribution in [1.82, 2.24) is 0 Å². The highest BCUT2D eigenvalue weighted by Crippen LogP contribution is 2.31. The molecule has 1 atom stereocenters. The van der Waals surface area contributed by atoms with Crippen LogP contribution < -0.4 is 15.0 Å². The summed E-state index contributed by atoms with van der Waals surface area (Å²) in [6.07, 6.45) is 5.31. The van der Waals surface area contributed by atoms with Crippen LogP contribution in [0, 0.1) is 6.92 Å². The monoisotopic (exact) mass is 392 g/mol. The van der Waals surface area contributed by atoms with Crippen molar-refractivity contribution in [2.24, 2.45) is 0 Å². The van der Waals surface area contributed by atoms with Gasteiger partial charge in [-0.2, -0.15) is 0 Å². The number of nitrogens with zero attached hydrogens (tertiary/aromatic N) is 1. The molecule has 0 saturated carbocycles. The van der Waals surface area contributed by atoms with Crippen LogP contribution in [-0.2, 0) is 22.4 Å². The Kier molecular flexibility index (Phi) is 5.56. The van der Waals surface area contributed by atoms with Gasteiger partial charge < -0.3 is 15.0 Å². The van der Waals surface area contributed by atoms with E-state index in [1.807, 2.05) is 37.3 Å². The Labute approximate surface area is 172 Å². The molecule has 1 heterocycles. The van der Waals surface area contributed by atoms with E-state index in [0.717, 1.165) is 49.2 Å². The number of benzene rings is 2. The van der Waals surface area contributed by atoms with Crippen LogP contribution in [-0.4, -0.2) is 24.5 Å². The number of hydrogen-bond donors (Lipinski definition) is 1. The Morgan fingerprint density at radius 3 is 2.72 bits per heavy atom. The molecule has 29 heavy (non-hydrogen) atoms. The molecule has 2 amide bonds. The SMILES string of the molecule is Cc1ccc(NC(=O)C(C)Oc2cccc3c2CCCC3)cc1N1CCCC1=O. The van der Waals surface area contributed by atoms with Crippen LogP contribution >= 0.6 is 0 Å². The van der Waals surface area contributed by atoms with Crippen molar-refractivity contribution in [2.45, 2.75) is 58.5 Å². The average Bonchev–Trinajstić information content (AvgIpc) is 3.15. The van der Waals surface area contributed by atoms with Crippen molar-refractivity contribution >= 4 is 23.2 Å². The van der Waals surface area contributed by atoms with Crippen LogP contribution in [0.25, 0.3) is 0 Å². The molecule has 1 N–H and O–H groups in total. The third kappa shape index (κ3) is 4.14. The number of hydrogen-bond acceptors (Lipinski definition) is 3. The molecule has 1 fully saturated rings. The lowest BCUT2D eigenvalue weighted by atomic mass is 9.91. The van der Waals surface area contributed by atoms with Gasteiger partial charge in [-0.25, -0.2) is 0 Å². The summed E-state index contributed by atoms with van der Waals surface area (Å²) in [5.41, 5.74) is 5.15. The number of carbonyl (C=O) groups is 2. The maximum Gasteiger partial charge on any atom is 0.265 e. The Bertz CT molecular complexity index is 938. The van der Waals surface area contributed by atoms with Gasteiger partial charge in [0.2, 0.25) is 5.91 Å². The van der Waals surface area contributed by atoms with Gasteiger partial charge >= 0.3 is 0 Å². The smallest absolute Gasteiger partial charge is 0.265 e. The van der Waals surface area contributed by atoms with Gasteiger partial charge in [-0.3, -0.25) is 9.59 Å². The first-order valence-corrected chi connectivity index (χ1v) is 10.5. The van der Waals surface area contributed by atoms with Gasteiger partial charge in [0.05, 0.1) is 0 Å². The molecule has 152 valence electrons. The third-order valence-electron chi connectivity index (χ3n) is 5.87. The van der Waals surface area contributed by atoms with Crippen LogP contribution in [0.3, 0.4) is 0 Å². The number of nitrogens with one attached hydrogen (secondary N) is 1. The molecule has 2 aliphatic rings. The van der Waals surface area contributed by atoms with E-state index in [0.29, 0.717) is 12.1 Å². The zero-order valence-corrected chi connectivity index (χ0v) is 17.2. The number of aryl methyl sites for hydroxylation is 2. The zero-order chi connectivity index (χ0) is 20.4. The van der Waals surface area contributed by atoms with Gasteiger partial charge in [-0.15, -0.1) is 0 Å². The third-order valence-corrected chi connectivity index (χ3v) is 5.87. The van der Waals surface area contributed by atoms with Crippen molar-refractivity contribution in [3.8, 4) is 5.75 Å². The Morgan fingerprint density at radius 1 is 1.10 bits per heavy atom. The minimum atomic E-state index is -0.610. The predicted molar refractivity (Wildman–Crippen MR) is 115 cm³/mol. The summed E-state index contributed by atoms with van der Waals surface area (Å²) in [6, 6.07) is 11.8. The summed E-state index contributed by atoms with van der Waals surface area (Å²) in [5, 5.41) is 2.95. The van der Waals surface area contributed by atoms with E-state index in [1.165, 1.54) is 17.5 Å². The largest absolute Gasteiger partial charge is 0.481 e. The van der Waals surface area contributed by atoms with Crippen molar-refractivity contribution in [3.05, 3.63) is 53.1 Å². The average molecular weight is 392 g/mol. The first kappa shape index (κ1) is 19.5. The summed E-state index contributed by atoms with van der Waals surface area (Å²) < 4.78 is 6.04. The number of anilines is 2. The highest BCUT2D eigenvalue weighted by molar-refractivity contribution is 5.98. The molecule has 1 saturated heterocycles. The van der Waals surface area contributed by atoms with Crippen LogP contribution in [0.2, 0.25) is 0 Å². The van der Waals surface area contributed by atoms with E-state index in [9.17, 15) is 9.59 Å². The Morgan fingerprint density at radius 2 is 1.93 bits per heavy atom. The second kappa shape index (κ2) is 8.27. The van der Waals surface area contributed by atoms with Gasteiger partial charge in [0.1, 0.15) is 5.75 Å². The molecular weight excluding hydrogens is 364 g/mol. The normalized spacial score (nSPS) is 17.0. The van der Waals surface area contributed by atoms with E-state index >= 15 is 0 Å². The molecule has 0 radical (unpaired) electrons. The standard InChI is InChI=1S/C24H28N2O3/c1-16-12-13-19(15-21(16)26-14-6-11-23(26)27)25-24(28)17(2)29-22-10-5-8-18-7-3-4-9-20(18)22/h5,8,10,12-13,15,17H,3-4,6-7,9,11,14H2,1-2H3,(H,25,28). The fourth-order valence-corrected chi connectivity index (χ4v) is 4.23. The molecule has 5 heteroatoms. The summed E-state index contributed by atoms with van der Waals surface area (Å²) in [4.78, 5) is 26.7. The summed E-state index contributed by atoms with van der Waals surface area (Å²) in [5.74, 6) is 0.764. The first-order chi connectivity index (χ1) is 14.0. The highest BCUT2D eigenvalue weighted by Gasteiger charge is 2.24. The summed E-state index contributed by atoms with van der Waals surface area (Å²) >= 11 is 0. The molecule has 1 unspecified atom stereocenters. The maximum atomic E-state index is 12.8. The molecule has 2 aromatic carbocycles. The number of fused-ring (bicyclic) bond motifs is 1. The number of amides is 2. The van der Waals surface area contributed by atoms with E-state index < -0.39 is 6.10 Å². The molecule has 2 aromatic rings. The molecule has 0 spiro atoms. The fraction of sp³-hybridized carbons (Fsp3) is 0.417. The van der Waals surface area contributed by atoms with Gasteiger partial charge in [-0.05, 0) is 80.8 Å². The van der Waals surface area contributed by atoms with Gasteiger partial charge in [0.15, 0.2) is 6.10 Å². The van der Waals surface area contributed by atoms with Gasteiger partial charge in [0.25, 0.3) is 5.91 Å². The van der Waals surface area contributed by atoms with Crippen molar-refractivity contribution in [2.75, 3.05) is 16.8 Å². The molecule has 1 aliphatic heterocycles. The lowest BCUT2D eigenvalue weighted by Gasteiger charge is -2.22. The van der Waals surface area contributed by atoms with Crippen LogP contribution in [0.1, 0.15) is 49.3 Å². The topological polar surface area (TPSA) is 58.6 Å². The van der Waals surface area contributed by atoms with Crippen molar-refractivity contribution in [1.29, 1.82) is 0 Å². The molecule has 0 aromatic heterocycles. The number of carbonyl (C=O) groups excluding carboxylic acids is 2. The van der Waals surface area contributed by atoms with E-state index in [4.69, 9.17) is 4.74 Å². The highest BCUT2D eigenvalue weighted by atomic mass is 16.5. The van der Waals surface area contributed by atoms with Crippen molar-refractivity contribution < 1.29 is 14.3 Å². The molecule has 1 aliphatic carbocycles. The summed E-state index contributed by atoms with van der Waals surface area (Å²) in [6.45, 7) is 4.49. The van der Waals surface area contributed by atoms with E-state index in [2.05, 4.69) is 11.4 Å². The molecule has 0 bridgehead atoms. The van der Waals surface area contributed by atoms with Crippen LogP contribution in [0.4, 0.5) is 11.4 Å². The zero-order valence-electron chi connectivity index (χ0n) is 17.2. The first-order valence-electron chi connectivity index (χ1n) is 10.5. The van der Waals surface area contributed by atoms with Crippen LogP contribution in [0.5, 0.6) is 5.75 Å². The number of rotatable bonds is 5. The lowest BCUT2D eigenvalue weighted by Crippen LogP contribution is -2.31.